The Bertz CT molecular complexity index is 1360. The highest BCUT2D eigenvalue weighted by Crippen LogP contribution is 2.52. The van der Waals surface area contributed by atoms with Gasteiger partial charge in [0.15, 0.2) is 32.4 Å². The number of anilines is 1. The van der Waals surface area contributed by atoms with E-state index in [0.717, 1.165) is 17.5 Å². The second-order valence-corrected chi connectivity index (χ2v) is 14.0. The third kappa shape index (κ3) is 4.80. The van der Waals surface area contributed by atoms with Crippen LogP contribution in [0.25, 0.3) is 11.0 Å². The minimum absolute atomic E-state index is 0.0961. The van der Waals surface area contributed by atoms with E-state index in [1.54, 1.807) is 0 Å². The highest BCUT2D eigenvalue weighted by molar-refractivity contribution is 7.97. The molecular formula is C19H23ClN5O8PS. The molecule has 0 spiro atoms. The van der Waals surface area contributed by atoms with Crippen molar-refractivity contribution in [3.05, 3.63) is 16.9 Å². The normalized spacial score (nSPS) is 32.5. The fraction of sp³-hybridized carbons (Fsp3) is 0.632. The number of aliphatic hydroxyl groups is 2. The summed E-state index contributed by atoms with van der Waals surface area (Å²) in [4.78, 5) is 22.2. The van der Waals surface area contributed by atoms with Gasteiger partial charge in [0.1, 0.15) is 29.9 Å². The topological polar surface area (TPSA) is 208 Å². The van der Waals surface area contributed by atoms with Crippen molar-refractivity contribution >= 4 is 45.8 Å². The van der Waals surface area contributed by atoms with Crippen molar-refractivity contribution < 1.29 is 37.7 Å². The molecule has 3 heterocycles. The van der Waals surface area contributed by atoms with Gasteiger partial charge in [0.25, 0.3) is 0 Å². The van der Waals surface area contributed by atoms with E-state index in [4.69, 9.17) is 26.1 Å². The van der Waals surface area contributed by atoms with Gasteiger partial charge < -0.3 is 30.1 Å². The second-order valence-electron chi connectivity index (χ2n) is 9.41. The summed E-state index contributed by atoms with van der Waals surface area (Å²) < 4.78 is 42.2. The van der Waals surface area contributed by atoms with E-state index in [0.29, 0.717) is 22.9 Å². The number of hydrogen-bond donors (Lipinski definition) is 5. The second kappa shape index (κ2) is 8.64. The van der Waals surface area contributed by atoms with Gasteiger partial charge in [0.05, 0.1) is 23.0 Å². The third-order valence-corrected chi connectivity index (χ3v) is 10.8. The Kier molecular flexibility index (Phi) is 6.13. The van der Waals surface area contributed by atoms with Crippen LogP contribution < -0.4 is 5.32 Å². The number of aromatic nitrogens is 3. The number of aliphatic hydroxyl groups excluding tert-OH is 2. The predicted molar refractivity (Wildman–Crippen MR) is 122 cm³/mol. The average molecular weight is 548 g/mol. The zero-order chi connectivity index (χ0) is 25.3. The Hall–Kier alpha value is -1.82. The minimum atomic E-state index is -4.87. The fourth-order valence-electron chi connectivity index (χ4n) is 5.13. The van der Waals surface area contributed by atoms with Crippen molar-refractivity contribution in [3.63, 3.8) is 0 Å². The van der Waals surface area contributed by atoms with E-state index >= 15 is 0 Å². The van der Waals surface area contributed by atoms with Gasteiger partial charge in [-0.05, 0) is 31.1 Å². The Balaban J connectivity index is 1.45. The van der Waals surface area contributed by atoms with E-state index < -0.39 is 53.2 Å². The molecule has 1 saturated heterocycles. The van der Waals surface area contributed by atoms with Crippen molar-refractivity contribution in [1.29, 1.82) is 5.26 Å². The van der Waals surface area contributed by atoms with Crippen molar-refractivity contribution in [2.75, 3.05) is 16.6 Å². The van der Waals surface area contributed by atoms with Gasteiger partial charge in [0, 0.05) is 6.04 Å². The van der Waals surface area contributed by atoms with E-state index in [-0.39, 0.29) is 22.4 Å². The number of fused-ring (bicyclic) bond motifs is 2. The number of nitrogens with one attached hydrogen (secondary N) is 1. The van der Waals surface area contributed by atoms with E-state index in [1.165, 1.54) is 12.6 Å². The summed E-state index contributed by atoms with van der Waals surface area (Å²) in [6.07, 6.45) is -1.54. The number of ether oxygens (including phenoxy) is 1. The van der Waals surface area contributed by atoms with E-state index in [1.807, 2.05) is 0 Å². The highest BCUT2D eigenvalue weighted by Gasteiger charge is 2.48. The molecule has 3 aliphatic rings. The third-order valence-electron chi connectivity index (χ3n) is 6.76. The lowest BCUT2D eigenvalue weighted by Crippen LogP contribution is -2.36. The van der Waals surface area contributed by atoms with Crippen molar-refractivity contribution in [2.45, 2.75) is 49.8 Å². The Morgan fingerprint density at radius 3 is 2.57 bits per heavy atom. The number of nitriles is 1. The van der Waals surface area contributed by atoms with Gasteiger partial charge in [-0.25, -0.2) is 18.1 Å². The monoisotopic (exact) mass is 547 g/mol. The molecule has 1 aliphatic heterocycles. The lowest BCUT2D eigenvalue weighted by Gasteiger charge is -2.19. The summed E-state index contributed by atoms with van der Waals surface area (Å²) in [7, 11) is -9.19. The van der Waals surface area contributed by atoms with Gasteiger partial charge >= 0.3 is 7.60 Å². The molecule has 0 aromatic carbocycles. The van der Waals surface area contributed by atoms with Crippen LogP contribution in [0.4, 0.5) is 5.69 Å². The fourth-order valence-corrected chi connectivity index (χ4v) is 8.60. The van der Waals surface area contributed by atoms with Crippen LogP contribution in [-0.4, -0.2) is 78.8 Å². The Labute approximate surface area is 204 Å². The maximum absolute atomic E-state index is 12.2. The van der Waals surface area contributed by atoms with Crippen molar-refractivity contribution in [1.82, 2.24) is 14.8 Å². The van der Waals surface area contributed by atoms with Crippen LogP contribution in [0.2, 0.25) is 5.15 Å². The van der Waals surface area contributed by atoms with Crippen LogP contribution in [0.1, 0.15) is 31.1 Å². The molecule has 0 radical (unpaired) electrons. The van der Waals surface area contributed by atoms with Gasteiger partial charge in [-0.15, -0.1) is 0 Å². The van der Waals surface area contributed by atoms with Gasteiger partial charge in [0.2, 0.25) is 0 Å². The Morgan fingerprint density at radius 1 is 1.26 bits per heavy atom. The molecule has 2 aliphatic carbocycles. The highest BCUT2D eigenvalue weighted by atomic mass is 35.5. The summed E-state index contributed by atoms with van der Waals surface area (Å²) in [5, 5.41) is 38.6. The molecule has 2 aromatic heterocycles. The zero-order valence-corrected chi connectivity index (χ0v) is 20.6. The standard InChI is InChI=1S/C19H23ClN5O8PS/c20-17-11(4-21)14(23-10-2-8-1-9(8)3-10)12-5-22-25(18(12)24-17)19-16(27)15(26)13(33-19)6-35(31,32)7-34(28,29)30/h5,8-10,13,15-16,19,26-27H,1-3,6-7H2,(H,23,24)(H2,28,29,30)/t8?,9?,10?,13-,15-,16-,19-/m1/s1. The maximum atomic E-state index is 12.2. The molecule has 0 bridgehead atoms. The number of halogens is 1. The number of rotatable bonds is 7. The smallest absolute Gasteiger partial charge is 0.340 e. The first kappa shape index (κ1) is 24.9. The van der Waals surface area contributed by atoms with E-state index in [2.05, 4.69) is 21.5 Å². The summed E-state index contributed by atoms with van der Waals surface area (Å²) in [5.74, 6) is 0.460. The molecule has 5 N–H and O–H groups in total. The molecule has 2 saturated carbocycles. The molecule has 3 fully saturated rings. The van der Waals surface area contributed by atoms with Crippen LogP contribution >= 0.6 is 19.2 Å². The zero-order valence-electron chi connectivity index (χ0n) is 18.1. The molecular weight excluding hydrogens is 525 g/mol. The quantitative estimate of drug-likeness (QED) is 0.235. The molecule has 6 atom stereocenters. The summed E-state index contributed by atoms with van der Waals surface area (Å²) in [6.45, 7) is 0. The van der Waals surface area contributed by atoms with Crippen LogP contribution in [0.3, 0.4) is 0 Å². The first-order chi connectivity index (χ1) is 16.4. The maximum Gasteiger partial charge on any atom is 0.340 e. The van der Waals surface area contributed by atoms with Gasteiger partial charge in [-0.3, -0.25) is 4.57 Å². The molecule has 2 aromatic rings. The summed E-state index contributed by atoms with van der Waals surface area (Å²) in [5.41, 5.74) is -0.665. The number of hydrogen-bond acceptors (Lipinski definition) is 10. The van der Waals surface area contributed by atoms with Crippen molar-refractivity contribution in [3.8, 4) is 6.07 Å². The minimum Gasteiger partial charge on any atom is -0.387 e. The predicted octanol–water partition coefficient (Wildman–Crippen LogP) is 0.336. The largest absolute Gasteiger partial charge is 0.387 e. The van der Waals surface area contributed by atoms with Gasteiger partial charge in [-0.2, -0.15) is 10.4 Å². The van der Waals surface area contributed by atoms with Crippen molar-refractivity contribution in [2.24, 2.45) is 11.8 Å². The van der Waals surface area contributed by atoms with Gasteiger partial charge in [-0.1, -0.05) is 11.6 Å². The average Bonchev–Trinajstić information content (AvgIpc) is 3.03. The lowest BCUT2D eigenvalue weighted by molar-refractivity contribution is -0.0364. The molecule has 190 valence electrons. The molecule has 2 unspecified atom stereocenters. The number of sulfone groups is 1. The molecule has 13 nitrogen and oxygen atoms in total. The van der Waals surface area contributed by atoms with Crippen LogP contribution in [0.15, 0.2) is 6.20 Å². The first-order valence-electron chi connectivity index (χ1n) is 10.9. The molecule has 0 amide bonds. The first-order valence-corrected chi connectivity index (χ1v) is 14.9. The van der Waals surface area contributed by atoms with Crippen LogP contribution in [0.5, 0.6) is 0 Å². The SMILES string of the molecule is N#Cc1c(Cl)nc2c(cnn2[C@@H]2O[C@H](CS(=O)(=O)CP(=O)(O)O)[C@@H](O)[C@H]2O)c1NC1CC2CC2C1. The number of pyridine rings is 1. The summed E-state index contributed by atoms with van der Waals surface area (Å²) in [6, 6.07) is 2.22. The summed E-state index contributed by atoms with van der Waals surface area (Å²) >= 11 is 6.29. The molecule has 5 rings (SSSR count). The van der Waals surface area contributed by atoms with Crippen LogP contribution in [0, 0.1) is 23.2 Å². The van der Waals surface area contributed by atoms with Crippen LogP contribution in [-0.2, 0) is 19.1 Å². The molecule has 16 heteroatoms. The Morgan fingerprint density at radius 2 is 1.94 bits per heavy atom. The van der Waals surface area contributed by atoms with E-state index in [9.17, 15) is 28.5 Å². The lowest BCUT2D eigenvalue weighted by atomic mass is 10.1. The molecule has 35 heavy (non-hydrogen) atoms. The number of nitrogens with zero attached hydrogens (tertiary/aromatic N) is 4.